The lowest BCUT2D eigenvalue weighted by Crippen LogP contribution is -2.02. The number of ether oxygens (including phenoxy) is 2. The van der Waals surface area contributed by atoms with Crippen molar-refractivity contribution in [3.05, 3.63) is 34.4 Å². The standard InChI is InChI=1S/C12H16O2/c1-8-6-10(3)11(7-9(8)2)12-13-4-5-14-12/h6-7,12H,4-5H2,1-3H3. The molecule has 0 spiro atoms. The molecule has 2 heteroatoms. The molecule has 1 aliphatic rings. The Morgan fingerprint density at radius 3 is 2.14 bits per heavy atom. The van der Waals surface area contributed by atoms with Crippen LogP contribution < -0.4 is 0 Å². The fourth-order valence-corrected chi connectivity index (χ4v) is 1.77. The Labute approximate surface area is 84.8 Å². The van der Waals surface area contributed by atoms with Gasteiger partial charge in [-0.2, -0.15) is 0 Å². The Hall–Kier alpha value is -0.860. The van der Waals surface area contributed by atoms with Crippen molar-refractivity contribution in [2.24, 2.45) is 0 Å². The minimum atomic E-state index is -0.144. The van der Waals surface area contributed by atoms with Crippen molar-refractivity contribution < 1.29 is 9.47 Å². The SMILES string of the molecule is Cc1cc(C)c(C2OCCO2)cc1C. The van der Waals surface area contributed by atoms with Crippen LogP contribution in [0.1, 0.15) is 28.5 Å². The summed E-state index contributed by atoms with van der Waals surface area (Å²) in [7, 11) is 0. The highest BCUT2D eigenvalue weighted by molar-refractivity contribution is 5.37. The maximum atomic E-state index is 5.49. The van der Waals surface area contributed by atoms with Gasteiger partial charge < -0.3 is 9.47 Å². The van der Waals surface area contributed by atoms with Crippen molar-refractivity contribution in [1.82, 2.24) is 0 Å². The molecule has 1 aromatic rings. The zero-order chi connectivity index (χ0) is 10.1. The second-order valence-corrected chi connectivity index (χ2v) is 3.87. The van der Waals surface area contributed by atoms with Crippen molar-refractivity contribution >= 4 is 0 Å². The molecule has 1 aliphatic heterocycles. The second kappa shape index (κ2) is 3.71. The molecule has 0 amide bonds. The first-order valence-electron chi connectivity index (χ1n) is 4.99. The molecule has 0 bridgehead atoms. The molecule has 0 saturated carbocycles. The maximum absolute atomic E-state index is 5.49. The van der Waals surface area contributed by atoms with Crippen LogP contribution in [0, 0.1) is 20.8 Å². The zero-order valence-corrected chi connectivity index (χ0v) is 8.96. The highest BCUT2D eigenvalue weighted by Crippen LogP contribution is 2.27. The molecule has 2 nitrogen and oxygen atoms in total. The summed E-state index contributed by atoms with van der Waals surface area (Å²) in [5.74, 6) is 0. The molecular formula is C12H16O2. The van der Waals surface area contributed by atoms with Gasteiger partial charge in [0.1, 0.15) is 0 Å². The van der Waals surface area contributed by atoms with Crippen LogP contribution in [0.5, 0.6) is 0 Å². The first kappa shape index (κ1) is 9.69. The van der Waals surface area contributed by atoms with E-state index in [4.69, 9.17) is 9.47 Å². The maximum Gasteiger partial charge on any atom is 0.184 e. The molecule has 0 N–H and O–H groups in total. The summed E-state index contributed by atoms with van der Waals surface area (Å²) in [6.07, 6.45) is -0.144. The highest BCUT2D eigenvalue weighted by Gasteiger charge is 2.20. The molecule has 0 atom stereocenters. The van der Waals surface area contributed by atoms with Crippen molar-refractivity contribution in [3.8, 4) is 0 Å². The van der Waals surface area contributed by atoms with Crippen LogP contribution in [0.4, 0.5) is 0 Å². The third-order valence-electron chi connectivity index (χ3n) is 2.76. The lowest BCUT2D eigenvalue weighted by atomic mass is 10.0. The van der Waals surface area contributed by atoms with Gasteiger partial charge in [-0.15, -0.1) is 0 Å². The van der Waals surface area contributed by atoms with Crippen LogP contribution in [-0.2, 0) is 9.47 Å². The summed E-state index contributed by atoms with van der Waals surface area (Å²) >= 11 is 0. The lowest BCUT2D eigenvalue weighted by Gasteiger charge is -2.14. The van der Waals surface area contributed by atoms with Gasteiger partial charge in [-0.1, -0.05) is 12.1 Å². The van der Waals surface area contributed by atoms with E-state index in [0.29, 0.717) is 13.2 Å². The van der Waals surface area contributed by atoms with Crippen LogP contribution in [0.2, 0.25) is 0 Å². The summed E-state index contributed by atoms with van der Waals surface area (Å²) in [6.45, 7) is 7.76. The van der Waals surface area contributed by atoms with Crippen LogP contribution in [-0.4, -0.2) is 13.2 Å². The molecule has 14 heavy (non-hydrogen) atoms. The number of aryl methyl sites for hydroxylation is 3. The van der Waals surface area contributed by atoms with Crippen LogP contribution in [0.3, 0.4) is 0 Å². The van der Waals surface area contributed by atoms with Crippen molar-refractivity contribution in [2.45, 2.75) is 27.1 Å². The molecule has 0 unspecified atom stereocenters. The molecule has 76 valence electrons. The average Bonchev–Trinajstić information content (AvgIpc) is 2.64. The van der Waals surface area contributed by atoms with Crippen molar-refractivity contribution in [1.29, 1.82) is 0 Å². The van der Waals surface area contributed by atoms with E-state index < -0.39 is 0 Å². The smallest absolute Gasteiger partial charge is 0.184 e. The van der Waals surface area contributed by atoms with E-state index >= 15 is 0 Å². The van der Waals surface area contributed by atoms with E-state index in [0.717, 1.165) is 0 Å². The Morgan fingerprint density at radius 1 is 0.929 bits per heavy atom. The molecule has 1 aromatic carbocycles. The van der Waals surface area contributed by atoms with Gasteiger partial charge >= 0.3 is 0 Å². The summed E-state index contributed by atoms with van der Waals surface area (Å²) in [5, 5.41) is 0. The van der Waals surface area contributed by atoms with Gasteiger partial charge in [-0.25, -0.2) is 0 Å². The molecule has 1 heterocycles. The van der Waals surface area contributed by atoms with Crippen LogP contribution in [0.15, 0.2) is 12.1 Å². The monoisotopic (exact) mass is 192 g/mol. The predicted octanol–water partition coefficient (Wildman–Crippen LogP) is 2.66. The molecule has 0 aliphatic carbocycles. The third-order valence-corrected chi connectivity index (χ3v) is 2.76. The minimum Gasteiger partial charge on any atom is -0.346 e. The van der Waals surface area contributed by atoms with Gasteiger partial charge in [0.05, 0.1) is 13.2 Å². The van der Waals surface area contributed by atoms with Gasteiger partial charge in [-0.3, -0.25) is 0 Å². The van der Waals surface area contributed by atoms with Gasteiger partial charge in [0.15, 0.2) is 6.29 Å². The number of benzene rings is 1. The van der Waals surface area contributed by atoms with E-state index in [1.807, 2.05) is 0 Å². The number of hydrogen-bond acceptors (Lipinski definition) is 2. The molecule has 2 rings (SSSR count). The third kappa shape index (κ3) is 1.68. The quantitative estimate of drug-likeness (QED) is 0.681. The van der Waals surface area contributed by atoms with Gasteiger partial charge in [0.2, 0.25) is 0 Å². The summed E-state index contributed by atoms with van der Waals surface area (Å²) in [6, 6.07) is 4.36. The van der Waals surface area contributed by atoms with E-state index in [-0.39, 0.29) is 6.29 Å². The Kier molecular flexibility index (Phi) is 2.57. The Bertz CT molecular complexity index is 338. The van der Waals surface area contributed by atoms with Crippen LogP contribution in [0.25, 0.3) is 0 Å². The van der Waals surface area contributed by atoms with E-state index in [1.165, 1.54) is 22.3 Å². The van der Waals surface area contributed by atoms with E-state index in [9.17, 15) is 0 Å². The number of hydrogen-bond donors (Lipinski definition) is 0. The van der Waals surface area contributed by atoms with E-state index in [2.05, 4.69) is 32.9 Å². The Morgan fingerprint density at radius 2 is 1.50 bits per heavy atom. The molecule has 1 fully saturated rings. The lowest BCUT2D eigenvalue weighted by molar-refractivity contribution is -0.0445. The largest absolute Gasteiger partial charge is 0.346 e. The Balaban J connectivity index is 2.37. The summed E-state index contributed by atoms with van der Waals surface area (Å²) in [4.78, 5) is 0. The van der Waals surface area contributed by atoms with Crippen molar-refractivity contribution in [3.63, 3.8) is 0 Å². The molecule has 0 aromatic heterocycles. The molecular weight excluding hydrogens is 176 g/mol. The minimum absolute atomic E-state index is 0.144. The van der Waals surface area contributed by atoms with Gasteiger partial charge in [0.25, 0.3) is 0 Å². The number of rotatable bonds is 1. The van der Waals surface area contributed by atoms with E-state index in [1.54, 1.807) is 0 Å². The normalized spacial score (nSPS) is 17.6. The first-order chi connectivity index (χ1) is 6.68. The first-order valence-corrected chi connectivity index (χ1v) is 4.99. The van der Waals surface area contributed by atoms with Gasteiger partial charge in [-0.05, 0) is 37.5 Å². The van der Waals surface area contributed by atoms with Crippen LogP contribution >= 0.6 is 0 Å². The summed E-state index contributed by atoms with van der Waals surface area (Å²) < 4.78 is 11.0. The van der Waals surface area contributed by atoms with Gasteiger partial charge in [0, 0.05) is 5.56 Å². The highest BCUT2D eigenvalue weighted by atomic mass is 16.7. The fourth-order valence-electron chi connectivity index (χ4n) is 1.77. The molecule has 1 saturated heterocycles. The summed E-state index contributed by atoms with van der Waals surface area (Å²) in [5.41, 5.74) is 5.04. The zero-order valence-electron chi connectivity index (χ0n) is 8.96. The topological polar surface area (TPSA) is 18.5 Å². The average molecular weight is 192 g/mol. The molecule has 0 radical (unpaired) electrons. The fraction of sp³-hybridized carbons (Fsp3) is 0.500. The predicted molar refractivity (Wildman–Crippen MR) is 55.3 cm³/mol. The second-order valence-electron chi connectivity index (χ2n) is 3.87. The van der Waals surface area contributed by atoms with Crippen molar-refractivity contribution in [2.75, 3.05) is 13.2 Å².